The van der Waals surface area contributed by atoms with Crippen molar-refractivity contribution in [1.29, 1.82) is 0 Å². The monoisotopic (exact) mass is 498 g/mol. The third-order valence-corrected chi connectivity index (χ3v) is 7.70. The van der Waals surface area contributed by atoms with Gasteiger partial charge >= 0.3 is 0 Å². The van der Waals surface area contributed by atoms with Crippen LogP contribution in [0.5, 0.6) is 0 Å². The quantitative estimate of drug-likeness (QED) is 0.174. The molecule has 3 aromatic rings. The molecule has 0 fully saturated rings. The van der Waals surface area contributed by atoms with Gasteiger partial charge in [-0.05, 0) is 81.7 Å². The molecule has 2 aliphatic carbocycles. The molecule has 0 aliphatic heterocycles. The zero-order chi connectivity index (χ0) is 25.8. The molecule has 0 heterocycles. The number of allylic oxidation sites excluding steroid dienone is 5. The van der Waals surface area contributed by atoms with E-state index in [2.05, 4.69) is 120 Å². The van der Waals surface area contributed by atoms with Crippen LogP contribution in [-0.2, 0) is 6.42 Å². The minimum Gasteiger partial charge on any atom is -0.296 e. The number of rotatable bonds is 8. The number of aliphatic imine (C=N–C) groups is 2. The summed E-state index contributed by atoms with van der Waals surface area (Å²) < 4.78 is 0. The summed E-state index contributed by atoms with van der Waals surface area (Å²) >= 11 is 5.12. The highest BCUT2D eigenvalue weighted by atomic mass is 32.1. The highest BCUT2D eigenvalue weighted by Gasteiger charge is 2.22. The van der Waals surface area contributed by atoms with E-state index >= 15 is 0 Å². The Morgan fingerprint density at radius 3 is 2.68 bits per heavy atom. The second-order valence-corrected chi connectivity index (χ2v) is 9.92. The highest BCUT2D eigenvalue weighted by molar-refractivity contribution is 7.79. The van der Waals surface area contributed by atoms with Crippen LogP contribution in [0, 0.1) is 5.92 Å². The summed E-state index contributed by atoms with van der Waals surface area (Å²) in [5, 5.41) is 1.83. The Kier molecular flexibility index (Phi) is 7.37. The molecule has 3 aromatic carbocycles. The van der Waals surface area contributed by atoms with Gasteiger partial charge in [0.15, 0.2) is 0 Å². The molecular formula is C34H30N2S. The molecule has 0 radical (unpaired) electrons. The molecule has 2 nitrogen and oxygen atoms in total. The van der Waals surface area contributed by atoms with E-state index in [0.717, 1.165) is 17.7 Å². The first kappa shape index (κ1) is 24.8. The predicted molar refractivity (Wildman–Crippen MR) is 163 cm³/mol. The second-order valence-electron chi connectivity index (χ2n) is 9.65. The lowest BCUT2D eigenvalue weighted by Crippen LogP contribution is -2.06. The Morgan fingerprint density at radius 1 is 1.08 bits per heavy atom. The lowest BCUT2D eigenvalue weighted by Gasteiger charge is -2.22. The van der Waals surface area contributed by atoms with Crippen LogP contribution in [0.2, 0.25) is 0 Å². The van der Waals surface area contributed by atoms with Crippen molar-refractivity contribution in [3.63, 3.8) is 0 Å². The maximum Gasteiger partial charge on any atom is 0.0713 e. The van der Waals surface area contributed by atoms with Crippen molar-refractivity contribution in [3.8, 4) is 0 Å². The average Bonchev–Trinajstić information content (AvgIpc) is 3.41. The molecule has 0 aromatic heterocycles. The molecule has 0 spiro atoms. The van der Waals surface area contributed by atoms with Gasteiger partial charge in [-0.1, -0.05) is 85.9 Å². The summed E-state index contributed by atoms with van der Waals surface area (Å²) in [7, 11) is 1.77. The van der Waals surface area contributed by atoms with Crippen LogP contribution in [0.25, 0.3) is 11.6 Å². The van der Waals surface area contributed by atoms with E-state index in [-0.39, 0.29) is 5.92 Å². The number of fused-ring (bicyclic) bond motifs is 1. The maximum atomic E-state index is 5.12. The minimum atomic E-state index is 0.109. The van der Waals surface area contributed by atoms with E-state index in [0.29, 0.717) is 11.8 Å². The number of hydrogen-bond acceptors (Lipinski definition) is 3. The fourth-order valence-corrected chi connectivity index (χ4v) is 5.35. The molecule has 0 saturated heterocycles. The van der Waals surface area contributed by atoms with Crippen molar-refractivity contribution >= 4 is 47.9 Å². The molecule has 0 N–H and O–H groups in total. The zero-order valence-electron chi connectivity index (χ0n) is 21.3. The third-order valence-electron chi connectivity index (χ3n) is 7.29. The molecule has 0 bridgehead atoms. The molecule has 2 aliphatic rings. The molecule has 3 unspecified atom stereocenters. The van der Waals surface area contributed by atoms with Gasteiger partial charge in [0.05, 0.1) is 5.69 Å². The molecule has 37 heavy (non-hydrogen) atoms. The summed E-state index contributed by atoms with van der Waals surface area (Å²) in [6.45, 7) is 5.90. The molecule has 5 rings (SSSR count). The van der Waals surface area contributed by atoms with E-state index in [1.54, 1.807) is 7.05 Å². The van der Waals surface area contributed by atoms with Gasteiger partial charge in [-0.2, -0.15) is 0 Å². The van der Waals surface area contributed by atoms with Crippen molar-refractivity contribution in [2.24, 2.45) is 15.9 Å². The summed E-state index contributed by atoms with van der Waals surface area (Å²) in [5.74, 6) is 0.757. The van der Waals surface area contributed by atoms with Crippen molar-refractivity contribution in [2.45, 2.75) is 25.2 Å². The van der Waals surface area contributed by atoms with Gasteiger partial charge in [-0.15, -0.1) is 5.73 Å². The van der Waals surface area contributed by atoms with Gasteiger partial charge in [-0.25, -0.2) is 0 Å². The van der Waals surface area contributed by atoms with Gasteiger partial charge in [0, 0.05) is 36.6 Å². The lowest BCUT2D eigenvalue weighted by atomic mass is 9.82. The van der Waals surface area contributed by atoms with E-state index in [4.69, 9.17) is 12.2 Å². The van der Waals surface area contributed by atoms with E-state index in [9.17, 15) is 0 Å². The van der Waals surface area contributed by atoms with Gasteiger partial charge in [0.2, 0.25) is 0 Å². The third kappa shape index (κ3) is 5.15. The maximum absolute atomic E-state index is 5.12. The van der Waals surface area contributed by atoms with Crippen LogP contribution in [0.3, 0.4) is 0 Å². The zero-order valence-corrected chi connectivity index (χ0v) is 22.1. The van der Waals surface area contributed by atoms with Crippen LogP contribution in [0.1, 0.15) is 57.7 Å². The fraction of sp³-hybridized carbons (Fsp3) is 0.176. The van der Waals surface area contributed by atoms with Crippen molar-refractivity contribution in [2.75, 3.05) is 7.05 Å². The summed E-state index contributed by atoms with van der Waals surface area (Å²) in [6.07, 6.45) is 13.8. The summed E-state index contributed by atoms with van der Waals surface area (Å²) in [4.78, 5) is 8.39. The predicted octanol–water partition coefficient (Wildman–Crippen LogP) is 8.30. The van der Waals surface area contributed by atoms with Crippen molar-refractivity contribution in [3.05, 3.63) is 130 Å². The first-order valence-electron chi connectivity index (χ1n) is 12.6. The first-order chi connectivity index (χ1) is 18.1. The first-order valence-corrected chi connectivity index (χ1v) is 13.1. The van der Waals surface area contributed by atoms with Gasteiger partial charge in [-0.3, -0.25) is 9.98 Å². The second kappa shape index (κ2) is 11.0. The number of benzene rings is 3. The normalized spacial score (nSPS) is 18.6. The Balaban J connectivity index is 1.43. The standard InChI is InChI=1S/C34H30N2S/c1-23(22-37)25-12-10-24(11-13-25)18-27-7-5-8-31(27)28-15-14-26-6-4-9-32(33(26)19-28)29-16-17-30(21-35-2)34(20-29)36-3/h5-17,19-23,27,32H,3,18H2,1-2H3/b35-21-. The van der Waals surface area contributed by atoms with Crippen LogP contribution >= 0.6 is 12.2 Å². The van der Waals surface area contributed by atoms with E-state index in [1.165, 1.54) is 39.0 Å². The summed E-state index contributed by atoms with van der Waals surface area (Å²) in [6, 6.07) is 22.1. The Morgan fingerprint density at radius 2 is 1.92 bits per heavy atom. The van der Waals surface area contributed by atoms with Crippen molar-refractivity contribution in [1.82, 2.24) is 0 Å². The smallest absolute Gasteiger partial charge is 0.0713 e. The largest absolute Gasteiger partial charge is 0.296 e. The molecule has 3 heteroatoms. The number of thiocarbonyl (C=S) groups is 1. The Labute approximate surface area is 225 Å². The topological polar surface area (TPSA) is 24.7 Å². The minimum absolute atomic E-state index is 0.109. The van der Waals surface area contributed by atoms with Gasteiger partial charge in [0.1, 0.15) is 0 Å². The number of hydrogen-bond donors (Lipinski definition) is 0. The van der Waals surface area contributed by atoms with Gasteiger partial charge < -0.3 is 0 Å². The van der Waals surface area contributed by atoms with Crippen LogP contribution in [0.15, 0.2) is 101 Å². The Hall–Kier alpha value is -3.91. The van der Waals surface area contributed by atoms with Crippen LogP contribution in [-0.4, -0.2) is 25.3 Å². The Bertz CT molecular complexity index is 1500. The SMILES string of the molecule is C=Nc1cc(C2C=C=Cc3ccc(C4=CC=CC4Cc4ccc(C(C)C=S)cc4)cc32)ccc1/C=N\C. The van der Waals surface area contributed by atoms with E-state index in [1.807, 2.05) is 11.6 Å². The van der Waals surface area contributed by atoms with Crippen molar-refractivity contribution < 1.29 is 0 Å². The van der Waals surface area contributed by atoms with Gasteiger partial charge in [0.25, 0.3) is 0 Å². The fourth-order valence-electron chi connectivity index (χ4n) is 5.19. The average molecular weight is 499 g/mol. The summed E-state index contributed by atoms with van der Waals surface area (Å²) in [5.41, 5.74) is 14.1. The van der Waals surface area contributed by atoms with Crippen LogP contribution in [0.4, 0.5) is 5.69 Å². The highest BCUT2D eigenvalue weighted by Crippen LogP contribution is 2.38. The molecule has 182 valence electrons. The van der Waals surface area contributed by atoms with Crippen LogP contribution < -0.4 is 0 Å². The van der Waals surface area contributed by atoms with E-state index < -0.39 is 0 Å². The lowest BCUT2D eigenvalue weighted by molar-refractivity contribution is 0.833. The molecule has 3 atom stereocenters. The molecule has 0 amide bonds. The molecular weight excluding hydrogens is 468 g/mol. The number of nitrogens with zero attached hydrogens (tertiary/aromatic N) is 2. The molecule has 0 saturated carbocycles.